The average Bonchev–Trinajstić information content (AvgIpc) is 2.38. The van der Waals surface area contributed by atoms with Crippen molar-refractivity contribution in [3.8, 4) is 0 Å². The zero-order valence-corrected chi connectivity index (χ0v) is 11.5. The number of amides is 1. The number of pyridine rings is 1. The number of hydrogen-bond donors (Lipinski definition) is 2. The number of aliphatic hydroxyl groups is 1. The van der Waals surface area contributed by atoms with Crippen LogP contribution in [-0.2, 0) is 0 Å². The smallest absolute Gasteiger partial charge is 0.257 e. The van der Waals surface area contributed by atoms with E-state index in [0.717, 1.165) is 6.20 Å². The Bertz CT molecular complexity index is 438. The highest BCUT2D eigenvalue weighted by molar-refractivity contribution is 5.98. The standard InChI is InChI=1S/C13H20FN3O2/c1-9(2)17(5-4-6-18)13(19)11-7-10(14)8-16-12(11)15-3/h7-9,18H,4-6H2,1-3H3,(H,15,16). The number of aliphatic hydroxyl groups excluding tert-OH is 1. The van der Waals surface area contributed by atoms with Crippen LogP contribution in [0.5, 0.6) is 0 Å². The number of hydrogen-bond acceptors (Lipinski definition) is 4. The van der Waals surface area contributed by atoms with Gasteiger partial charge in [0.15, 0.2) is 0 Å². The Labute approximate surface area is 112 Å². The van der Waals surface area contributed by atoms with Gasteiger partial charge in [-0.15, -0.1) is 0 Å². The summed E-state index contributed by atoms with van der Waals surface area (Å²) in [6, 6.07) is 1.14. The molecule has 0 atom stereocenters. The lowest BCUT2D eigenvalue weighted by Gasteiger charge is -2.27. The third kappa shape index (κ3) is 3.89. The van der Waals surface area contributed by atoms with Crippen LogP contribution in [0.4, 0.5) is 10.2 Å². The Kier molecular flexibility index (Phi) is 5.69. The van der Waals surface area contributed by atoms with E-state index in [0.29, 0.717) is 18.8 Å². The first-order valence-electron chi connectivity index (χ1n) is 6.26. The molecule has 0 aliphatic rings. The van der Waals surface area contributed by atoms with Crippen LogP contribution in [-0.4, -0.2) is 47.1 Å². The Morgan fingerprint density at radius 2 is 2.26 bits per heavy atom. The van der Waals surface area contributed by atoms with Crippen LogP contribution in [0.2, 0.25) is 0 Å². The van der Waals surface area contributed by atoms with Crippen molar-refractivity contribution in [1.29, 1.82) is 0 Å². The van der Waals surface area contributed by atoms with Gasteiger partial charge in [-0.05, 0) is 26.3 Å². The molecule has 1 rings (SSSR count). The first-order chi connectivity index (χ1) is 9.01. The van der Waals surface area contributed by atoms with Crippen LogP contribution in [0, 0.1) is 5.82 Å². The second-order valence-electron chi connectivity index (χ2n) is 4.47. The molecule has 5 nitrogen and oxygen atoms in total. The molecule has 106 valence electrons. The van der Waals surface area contributed by atoms with Gasteiger partial charge in [-0.3, -0.25) is 4.79 Å². The second-order valence-corrected chi connectivity index (χ2v) is 4.47. The van der Waals surface area contributed by atoms with E-state index < -0.39 is 5.82 Å². The van der Waals surface area contributed by atoms with Gasteiger partial charge in [0.1, 0.15) is 11.6 Å². The van der Waals surface area contributed by atoms with Gasteiger partial charge in [0.05, 0.1) is 11.8 Å². The SMILES string of the molecule is CNc1ncc(F)cc1C(=O)N(CCCO)C(C)C. The summed E-state index contributed by atoms with van der Waals surface area (Å²) in [6.07, 6.45) is 1.55. The van der Waals surface area contributed by atoms with E-state index in [1.807, 2.05) is 13.8 Å². The van der Waals surface area contributed by atoms with Crippen molar-refractivity contribution >= 4 is 11.7 Å². The maximum Gasteiger partial charge on any atom is 0.257 e. The summed E-state index contributed by atoms with van der Waals surface area (Å²) in [5, 5.41) is 11.7. The summed E-state index contributed by atoms with van der Waals surface area (Å²) < 4.78 is 13.3. The molecule has 0 aromatic carbocycles. The number of nitrogens with one attached hydrogen (secondary N) is 1. The van der Waals surface area contributed by atoms with Gasteiger partial charge < -0.3 is 15.3 Å². The average molecular weight is 269 g/mol. The molecular weight excluding hydrogens is 249 g/mol. The van der Waals surface area contributed by atoms with Crippen LogP contribution in [0.3, 0.4) is 0 Å². The van der Waals surface area contributed by atoms with E-state index >= 15 is 0 Å². The van der Waals surface area contributed by atoms with Gasteiger partial charge in [-0.25, -0.2) is 9.37 Å². The normalized spacial score (nSPS) is 10.6. The molecule has 1 aromatic heterocycles. The zero-order valence-electron chi connectivity index (χ0n) is 11.5. The van der Waals surface area contributed by atoms with Crippen molar-refractivity contribution in [2.45, 2.75) is 26.3 Å². The number of carbonyl (C=O) groups is 1. The highest BCUT2D eigenvalue weighted by Gasteiger charge is 2.22. The monoisotopic (exact) mass is 269 g/mol. The zero-order chi connectivity index (χ0) is 14.4. The molecule has 0 bridgehead atoms. The second kappa shape index (κ2) is 7.04. The molecule has 0 radical (unpaired) electrons. The van der Waals surface area contributed by atoms with Crippen molar-refractivity contribution in [2.75, 3.05) is 25.5 Å². The number of nitrogens with zero attached hydrogens (tertiary/aromatic N) is 2. The lowest BCUT2D eigenvalue weighted by atomic mass is 10.1. The van der Waals surface area contributed by atoms with Crippen LogP contribution in [0.25, 0.3) is 0 Å². The quantitative estimate of drug-likeness (QED) is 0.821. The number of aromatic nitrogens is 1. The summed E-state index contributed by atoms with van der Waals surface area (Å²) in [7, 11) is 1.63. The van der Waals surface area contributed by atoms with Crippen molar-refractivity contribution in [3.05, 3.63) is 23.6 Å². The van der Waals surface area contributed by atoms with Gasteiger partial charge in [-0.1, -0.05) is 0 Å². The van der Waals surface area contributed by atoms with Crippen LogP contribution >= 0.6 is 0 Å². The highest BCUT2D eigenvalue weighted by Crippen LogP contribution is 2.17. The lowest BCUT2D eigenvalue weighted by Crippen LogP contribution is -2.38. The molecule has 0 saturated carbocycles. The van der Waals surface area contributed by atoms with Gasteiger partial charge in [0.2, 0.25) is 0 Å². The van der Waals surface area contributed by atoms with Crippen LogP contribution in [0.15, 0.2) is 12.3 Å². The molecule has 0 saturated heterocycles. The molecule has 1 aromatic rings. The van der Waals surface area contributed by atoms with Crippen molar-refractivity contribution < 1.29 is 14.3 Å². The van der Waals surface area contributed by atoms with Gasteiger partial charge in [0.25, 0.3) is 5.91 Å². The van der Waals surface area contributed by atoms with Gasteiger partial charge in [0, 0.05) is 26.2 Å². The Balaban J connectivity index is 3.04. The molecule has 2 N–H and O–H groups in total. The van der Waals surface area contributed by atoms with Gasteiger partial charge in [-0.2, -0.15) is 0 Å². The fraction of sp³-hybridized carbons (Fsp3) is 0.538. The number of anilines is 1. The molecule has 0 spiro atoms. The molecule has 1 heterocycles. The van der Waals surface area contributed by atoms with E-state index in [-0.39, 0.29) is 24.1 Å². The summed E-state index contributed by atoms with van der Waals surface area (Å²) >= 11 is 0. The minimum atomic E-state index is -0.548. The largest absolute Gasteiger partial charge is 0.396 e. The minimum absolute atomic E-state index is 0.0107. The molecule has 0 unspecified atom stereocenters. The number of rotatable bonds is 6. The molecule has 1 amide bonds. The summed E-state index contributed by atoms with van der Waals surface area (Å²) in [5.41, 5.74) is 0.203. The summed E-state index contributed by atoms with van der Waals surface area (Å²) in [6.45, 7) is 4.19. The Morgan fingerprint density at radius 3 is 2.79 bits per heavy atom. The number of carbonyl (C=O) groups excluding carboxylic acids is 1. The molecule has 19 heavy (non-hydrogen) atoms. The minimum Gasteiger partial charge on any atom is -0.396 e. The molecule has 6 heteroatoms. The van der Waals surface area contributed by atoms with Crippen molar-refractivity contribution in [2.24, 2.45) is 0 Å². The van der Waals surface area contributed by atoms with Crippen LogP contribution < -0.4 is 5.32 Å². The predicted octanol–water partition coefficient (Wildman–Crippen LogP) is 1.50. The van der Waals surface area contributed by atoms with E-state index in [9.17, 15) is 9.18 Å². The fourth-order valence-electron chi connectivity index (χ4n) is 1.79. The van der Waals surface area contributed by atoms with E-state index in [1.54, 1.807) is 11.9 Å². The first-order valence-corrected chi connectivity index (χ1v) is 6.26. The third-order valence-corrected chi connectivity index (χ3v) is 2.76. The van der Waals surface area contributed by atoms with E-state index in [4.69, 9.17) is 5.11 Å². The van der Waals surface area contributed by atoms with E-state index in [2.05, 4.69) is 10.3 Å². The molecule has 0 fully saturated rings. The summed E-state index contributed by atoms with van der Waals surface area (Å²) in [5.74, 6) is -0.492. The first kappa shape index (κ1) is 15.4. The van der Waals surface area contributed by atoms with Crippen molar-refractivity contribution in [3.63, 3.8) is 0 Å². The Morgan fingerprint density at radius 1 is 1.58 bits per heavy atom. The van der Waals surface area contributed by atoms with Crippen LogP contribution in [0.1, 0.15) is 30.6 Å². The highest BCUT2D eigenvalue weighted by atomic mass is 19.1. The molecule has 0 aliphatic heterocycles. The molecule has 0 aliphatic carbocycles. The lowest BCUT2D eigenvalue weighted by molar-refractivity contribution is 0.0693. The number of halogens is 1. The third-order valence-electron chi connectivity index (χ3n) is 2.76. The molecular formula is C13H20FN3O2. The maximum atomic E-state index is 13.3. The maximum absolute atomic E-state index is 13.3. The Hall–Kier alpha value is -1.69. The van der Waals surface area contributed by atoms with Gasteiger partial charge >= 0.3 is 0 Å². The van der Waals surface area contributed by atoms with E-state index in [1.165, 1.54) is 6.07 Å². The predicted molar refractivity (Wildman–Crippen MR) is 71.6 cm³/mol. The topological polar surface area (TPSA) is 65.5 Å². The van der Waals surface area contributed by atoms with Crippen molar-refractivity contribution in [1.82, 2.24) is 9.88 Å². The summed E-state index contributed by atoms with van der Waals surface area (Å²) in [4.78, 5) is 17.9. The fourth-order valence-corrected chi connectivity index (χ4v) is 1.79.